The number of anilines is 1. The zero-order valence-corrected chi connectivity index (χ0v) is 12.7. The van der Waals surface area contributed by atoms with E-state index in [4.69, 9.17) is 0 Å². The molecule has 0 bridgehead atoms. The van der Waals surface area contributed by atoms with Crippen LogP contribution in [0.3, 0.4) is 0 Å². The number of rotatable bonds is 6. The Labute approximate surface area is 121 Å². The SMILES string of the molecule is CCc1cccc(CC)c1NC(=O)CC1(CS)CC1. The number of carbonyl (C=O) groups excluding carboxylic acids is 1. The van der Waals surface area contributed by atoms with Crippen molar-refractivity contribution in [3.8, 4) is 0 Å². The third-order valence-electron chi connectivity index (χ3n) is 4.09. The van der Waals surface area contributed by atoms with E-state index in [-0.39, 0.29) is 11.3 Å². The molecule has 0 aromatic heterocycles. The Hall–Kier alpha value is -0.960. The first-order chi connectivity index (χ1) is 9.14. The number of aryl methyl sites for hydroxylation is 2. The second-order valence-electron chi connectivity index (χ2n) is 5.54. The third kappa shape index (κ3) is 3.33. The molecular weight excluding hydrogens is 254 g/mol. The molecule has 2 rings (SSSR count). The monoisotopic (exact) mass is 277 g/mol. The summed E-state index contributed by atoms with van der Waals surface area (Å²) in [6, 6.07) is 6.27. The first kappa shape index (κ1) is 14.4. The highest BCUT2D eigenvalue weighted by Gasteiger charge is 2.42. The van der Waals surface area contributed by atoms with Gasteiger partial charge in [0.05, 0.1) is 0 Å². The summed E-state index contributed by atoms with van der Waals surface area (Å²) in [5.74, 6) is 0.957. The van der Waals surface area contributed by atoms with E-state index in [1.807, 2.05) is 0 Å². The Morgan fingerprint density at radius 3 is 2.26 bits per heavy atom. The van der Waals surface area contributed by atoms with Gasteiger partial charge in [0.1, 0.15) is 0 Å². The fraction of sp³-hybridized carbons (Fsp3) is 0.562. The summed E-state index contributed by atoms with van der Waals surface area (Å²) in [4.78, 5) is 12.2. The van der Waals surface area contributed by atoms with E-state index in [0.717, 1.165) is 37.1 Å². The lowest BCUT2D eigenvalue weighted by Crippen LogP contribution is -2.20. The van der Waals surface area contributed by atoms with Gasteiger partial charge in [0.2, 0.25) is 5.91 Å². The van der Waals surface area contributed by atoms with Gasteiger partial charge in [0, 0.05) is 12.1 Å². The van der Waals surface area contributed by atoms with Gasteiger partial charge in [-0.3, -0.25) is 4.79 Å². The van der Waals surface area contributed by atoms with Crippen molar-refractivity contribution < 1.29 is 4.79 Å². The average molecular weight is 277 g/mol. The number of carbonyl (C=O) groups is 1. The number of amides is 1. The third-order valence-corrected chi connectivity index (χ3v) is 4.76. The maximum Gasteiger partial charge on any atom is 0.224 e. The van der Waals surface area contributed by atoms with Gasteiger partial charge in [0.25, 0.3) is 0 Å². The van der Waals surface area contributed by atoms with Crippen molar-refractivity contribution in [3.63, 3.8) is 0 Å². The second-order valence-corrected chi connectivity index (χ2v) is 5.86. The molecule has 1 aromatic rings. The number of hydrogen-bond donors (Lipinski definition) is 2. The van der Waals surface area contributed by atoms with Crippen molar-refractivity contribution >= 4 is 24.2 Å². The summed E-state index contributed by atoms with van der Waals surface area (Å²) in [5, 5.41) is 3.14. The van der Waals surface area contributed by atoms with Crippen LogP contribution < -0.4 is 5.32 Å². The molecular formula is C16H23NOS. The molecule has 0 saturated heterocycles. The average Bonchev–Trinajstić information content (AvgIpc) is 3.19. The molecule has 0 spiro atoms. The van der Waals surface area contributed by atoms with Crippen molar-refractivity contribution in [2.75, 3.05) is 11.1 Å². The molecule has 0 heterocycles. The van der Waals surface area contributed by atoms with Crippen LogP contribution >= 0.6 is 12.6 Å². The molecule has 19 heavy (non-hydrogen) atoms. The van der Waals surface area contributed by atoms with E-state index in [9.17, 15) is 4.79 Å². The molecule has 1 aliphatic rings. The minimum Gasteiger partial charge on any atom is -0.326 e. The summed E-state index contributed by atoms with van der Waals surface area (Å²) >= 11 is 4.36. The van der Waals surface area contributed by atoms with E-state index in [1.165, 1.54) is 11.1 Å². The fourth-order valence-corrected chi connectivity index (χ4v) is 2.92. The summed E-state index contributed by atoms with van der Waals surface area (Å²) < 4.78 is 0. The smallest absolute Gasteiger partial charge is 0.224 e. The zero-order chi connectivity index (χ0) is 13.9. The zero-order valence-electron chi connectivity index (χ0n) is 11.8. The Balaban J connectivity index is 2.11. The van der Waals surface area contributed by atoms with Gasteiger partial charge >= 0.3 is 0 Å². The van der Waals surface area contributed by atoms with Crippen LogP contribution in [-0.4, -0.2) is 11.7 Å². The highest BCUT2D eigenvalue weighted by atomic mass is 32.1. The standard InChI is InChI=1S/C16H23NOS/c1-3-12-6-5-7-13(4-2)15(12)17-14(18)10-16(11-19)8-9-16/h5-7,19H,3-4,8-11H2,1-2H3,(H,17,18). The summed E-state index contributed by atoms with van der Waals surface area (Å²) in [7, 11) is 0. The van der Waals surface area contributed by atoms with Crippen LogP contribution in [-0.2, 0) is 17.6 Å². The summed E-state index contributed by atoms with van der Waals surface area (Å²) in [5.41, 5.74) is 3.67. The normalized spacial score (nSPS) is 16.2. The van der Waals surface area contributed by atoms with E-state index in [2.05, 4.69) is 50.0 Å². The number of benzene rings is 1. The van der Waals surface area contributed by atoms with Crippen LogP contribution in [0.1, 0.15) is 44.2 Å². The van der Waals surface area contributed by atoms with Gasteiger partial charge in [-0.1, -0.05) is 32.0 Å². The molecule has 0 aliphatic heterocycles. The highest BCUT2D eigenvalue weighted by molar-refractivity contribution is 7.80. The van der Waals surface area contributed by atoms with E-state index >= 15 is 0 Å². The fourth-order valence-electron chi connectivity index (χ4n) is 2.49. The van der Waals surface area contributed by atoms with Crippen LogP contribution in [0.5, 0.6) is 0 Å². The molecule has 1 aromatic carbocycles. The molecule has 104 valence electrons. The van der Waals surface area contributed by atoms with Crippen LogP contribution in [0, 0.1) is 5.41 Å². The van der Waals surface area contributed by atoms with Crippen LogP contribution in [0.2, 0.25) is 0 Å². The maximum atomic E-state index is 12.2. The molecule has 2 nitrogen and oxygen atoms in total. The van der Waals surface area contributed by atoms with Gasteiger partial charge in [-0.05, 0) is 48.0 Å². The minimum atomic E-state index is 0.141. The molecule has 0 unspecified atom stereocenters. The first-order valence-electron chi connectivity index (χ1n) is 7.15. The van der Waals surface area contributed by atoms with Gasteiger partial charge < -0.3 is 5.32 Å². The Morgan fingerprint density at radius 2 is 1.84 bits per heavy atom. The van der Waals surface area contributed by atoms with E-state index in [1.54, 1.807) is 0 Å². The van der Waals surface area contributed by atoms with E-state index in [0.29, 0.717) is 6.42 Å². The molecule has 1 amide bonds. The van der Waals surface area contributed by atoms with Crippen LogP contribution in [0.4, 0.5) is 5.69 Å². The molecule has 1 fully saturated rings. The summed E-state index contributed by atoms with van der Waals surface area (Å²) in [6.07, 6.45) is 4.78. The molecule has 1 saturated carbocycles. The summed E-state index contributed by atoms with van der Waals surface area (Å²) in [6.45, 7) is 4.25. The van der Waals surface area contributed by atoms with Crippen LogP contribution in [0.15, 0.2) is 18.2 Å². The molecule has 3 heteroatoms. The Morgan fingerprint density at radius 1 is 1.26 bits per heavy atom. The van der Waals surface area contributed by atoms with E-state index < -0.39 is 0 Å². The highest BCUT2D eigenvalue weighted by Crippen LogP contribution is 2.49. The number of nitrogens with one attached hydrogen (secondary N) is 1. The van der Waals surface area contributed by atoms with Crippen LogP contribution in [0.25, 0.3) is 0 Å². The lowest BCUT2D eigenvalue weighted by Gasteiger charge is -2.16. The lowest BCUT2D eigenvalue weighted by molar-refractivity contribution is -0.117. The topological polar surface area (TPSA) is 29.1 Å². The molecule has 0 radical (unpaired) electrons. The predicted molar refractivity (Wildman–Crippen MR) is 84.0 cm³/mol. The first-order valence-corrected chi connectivity index (χ1v) is 7.79. The van der Waals surface area contributed by atoms with Crippen molar-refractivity contribution in [2.45, 2.75) is 46.0 Å². The van der Waals surface area contributed by atoms with Gasteiger partial charge in [0.15, 0.2) is 0 Å². The number of thiol groups is 1. The molecule has 0 atom stereocenters. The largest absolute Gasteiger partial charge is 0.326 e. The van der Waals surface area contributed by atoms with Crippen molar-refractivity contribution in [3.05, 3.63) is 29.3 Å². The van der Waals surface area contributed by atoms with Gasteiger partial charge in [-0.25, -0.2) is 0 Å². The Bertz CT molecular complexity index is 444. The molecule has 1 N–H and O–H groups in total. The van der Waals surface area contributed by atoms with Crippen molar-refractivity contribution in [1.82, 2.24) is 0 Å². The Kier molecular flexibility index (Phi) is 4.56. The van der Waals surface area contributed by atoms with Gasteiger partial charge in [-0.15, -0.1) is 0 Å². The molecule has 1 aliphatic carbocycles. The van der Waals surface area contributed by atoms with Gasteiger partial charge in [-0.2, -0.15) is 12.6 Å². The maximum absolute atomic E-state index is 12.2. The van der Waals surface area contributed by atoms with Crippen molar-refractivity contribution in [2.24, 2.45) is 5.41 Å². The predicted octanol–water partition coefficient (Wildman–Crippen LogP) is 3.85. The number of hydrogen-bond acceptors (Lipinski definition) is 2. The quantitative estimate of drug-likeness (QED) is 0.760. The second kappa shape index (κ2) is 6.00. The van der Waals surface area contributed by atoms with Crippen molar-refractivity contribution in [1.29, 1.82) is 0 Å². The minimum absolute atomic E-state index is 0.141. The number of para-hydroxylation sites is 1. The lowest BCUT2D eigenvalue weighted by atomic mass is 10.0.